The Kier molecular flexibility index (Phi) is 9.60. The molecule has 58 heavy (non-hydrogen) atoms. The molecule has 16 heteroatoms. The number of allylic oxidation sites excluding steroid dienone is 2. The van der Waals surface area contributed by atoms with Crippen LogP contribution in [0.2, 0.25) is 5.02 Å². The van der Waals surface area contributed by atoms with Crippen molar-refractivity contribution in [1.82, 2.24) is 0 Å². The highest BCUT2D eigenvalue weighted by Gasteiger charge is 2.70. The largest absolute Gasteiger partial charge is 0.491 e. The van der Waals surface area contributed by atoms with Gasteiger partial charge in [0.1, 0.15) is 12.4 Å². The maximum atomic E-state index is 15.5. The maximum absolute atomic E-state index is 15.5. The van der Waals surface area contributed by atoms with Crippen LogP contribution in [0.3, 0.4) is 0 Å². The molecular formula is C42H36ClN5O10. The summed E-state index contributed by atoms with van der Waals surface area (Å²) in [7, 11) is 2.82. The van der Waals surface area contributed by atoms with E-state index in [4.69, 9.17) is 16.3 Å². The molecular weight excluding hydrogens is 770 g/mol. The van der Waals surface area contributed by atoms with Gasteiger partial charge in [-0.05, 0) is 48.6 Å². The summed E-state index contributed by atoms with van der Waals surface area (Å²) in [5.74, 6) is -7.03. The van der Waals surface area contributed by atoms with Crippen molar-refractivity contribution in [2.45, 2.75) is 24.2 Å². The molecule has 2 saturated heterocycles. The van der Waals surface area contributed by atoms with Gasteiger partial charge in [0.15, 0.2) is 5.69 Å². The van der Waals surface area contributed by atoms with Crippen LogP contribution in [-0.4, -0.2) is 65.9 Å². The number of fused-ring (bicyclic) bond motifs is 4. The Hall–Kier alpha value is -6.45. The fourth-order valence-corrected chi connectivity index (χ4v) is 9.99. The number of imide groups is 2. The fourth-order valence-electron chi connectivity index (χ4n) is 9.80. The van der Waals surface area contributed by atoms with Crippen LogP contribution in [-0.2, 0) is 24.6 Å². The van der Waals surface area contributed by atoms with E-state index in [2.05, 4.69) is 0 Å². The molecule has 3 fully saturated rings. The Morgan fingerprint density at radius 2 is 1.50 bits per heavy atom. The molecule has 296 valence electrons. The zero-order chi connectivity index (χ0) is 41.2. The Morgan fingerprint density at radius 1 is 0.828 bits per heavy atom. The molecule has 15 nitrogen and oxygen atoms in total. The second-order valence-electron chi connectivity index (χ2n) is 15.0. The van der Waals surface area contributed by atoms with E-state index in [1.54, 1.807) is 72.8 Å². The van der Waals surface area contributed by atoms with E-state index in [1.807, 2.05) is 6.08 Å². The number of hydrogen-bond donors (Lipinski definition) is 1. The van der Waals surface area contributed by atoms with Crippen molar-refractivity contribution >= 4 is 63.7 Å². The van der Waals surface area contributed by atoms with Gasteiger partial charge >= 0.3 is 11.4 Å². The molecule has 0 radical (unpaired) electrons. The molecule has 0 spiro atoms. The second kappa shape index (κ2) is 14.5. The number of nitrogens with zero attached hydrogens (tertiary/aromatic N) is 5. The lowest BCUT2D eigenvalue weighted by atomic mass is 9.49. The number of halogens is 1. The van der Waals surface area contributed by atoms with E-state index in [1.165, 1.54) is 25.1 Å². The number of nitro benzene ring substituents is 2. The summed E-state index contributed by atoms with van der Waals surface area (Å²) < 4.78 is 6.08. The van der Waals surface area contributed by atoms with Gasteiger partial charge in [-0.3, -0.25) is 39.4 Å². The quantitative estimate of drug-likeness (QED) is 0.0860. The number of aliphatic hydroxyl groups is 1. The summed E-state index contributed by atoms with van der Waals surface area (Å²) in [4.78, 5) is 85.8. The molecule has 0 unspecified atom stereocenters. The van der Waals surface area contributed by atoms with Crippen molar-refractivity contribution < 1.29 is 38.9 Å². The number of aliphatic hydroxyl groups excluding tert-OH is 1. The fraction of sp³-hybridized carbons (Fsp3) is 0.286. The Bertz CT molecular complexity index is 2420. The Labute approximate surface area is 336 Å². The van der Waals surface area contributed by atoms with E-state index in [0.717, 1.165) is 21.9 Å². The third-order valence-electron chi connectivity index (χ3n) is 11.9. The lowest BCUT2D eigenvalue weighted by Gasteiger charge is -2.51. The molecule has 4 amide bonds. The number of anilines is 3. The standard InChI is InChI=1S/C42H36ClN5O10/c1-44(2)37-32(47(54)55)20-26(21-33(37)48(56)57)45-38(50)29-16-15-27-30(35(29)40(45)52)22-31-39(51)46(25-12-8-11-24(43)19-25)41(53)42(31,23-9-4-3-5-10-23)36(27)28-13-6-7-14-34(28)58-18-17-49/h3-15,19-21,29-31,35-36,49H,16-18,22H2,1-2H3/t29-,30+,31-,35-,36+,42+/m0/s1. The summed E-state index contributed by atoms with van der Waals surface area (Å²) in [5.41, 5.74) is -1.59. The van der Waals surface area contributed by atoms with Gasteiger partial charge in [0.05, 0.1) is 51.0 Å². The van der Waals surface area contributed by atoms with Crippen LogP contribution in [0.25, 0.3) is 0 Å². The molecule has 2 aliphatic carbocycles. The maximum Gasteiger partial charge on any atom is 0.301 e. The summed E-state index contributed by atoms with van der Waals surface area (Å²) in [6.07, 6.45) is 1.84. The number of para-hydroxylation sites is 1. The van der Waals surface area contributed by atoms with Crippen molar-refractivity contribution in [2.24, 2.45) is 23.7 Å². The average Bonchev–Trinajstić information content (AvgIpc) is 3.60. The Morgan fingerprint density at radius 3 is 2.14 bits per heavy atom. The molecule has 2 heterocycles. The number of carbonyl (C=O) groups is 4. The number of rotatable bonds is 10. The molecule has 0 aromatic heterocycles. The average molecular weight is 806 g/mol. The zero-order valence-corrected chi connectivity index (χ0v) is 31.9. The van der Waals surface area contributed by atoms with Gasteiger partial charge in [-0.2, -0.15) is 0 Å². The summed E-state index contributed by atoms with van der Waals surface area (Å²) in [6, 6.07) is 24.3. The van der Waals surface area contributed by atoms with E-state index in [-0.39, 0.29) is 43.1 Å². The van der Waals surface area contributed by atoms with Crippen molar-refractivity contribution in [3.05, 3.63) is 139 Å². The third-order valence-corrected chi connectivity index (χ3v) is 12.1. The first-order valence-corrected chi connectivity index (χ1v) is 18.9. The van der Waals surface area contributed by atoms with Crippen molar-refractivity contribution in [3.8, 4) is 5.75 Å². The molecule has 1 N–H and O–H groups in total. The van der Waals surface area contributed by atoms with Crippen LogP contribution < -0.4 is 19.4 Å². The predicted octanol–water partition coefficient (Wildman–Crippen LogP) is 5.96. The van der Waals surface area contributed by atoms with Crippen molar-refractivity contribution in [3.63, 3.8) is 0 Å². The van der Waals surface area contributed by atoms with Crippen molar-refractivity contribution in [2.75, 3.05) is 42.0 Å². The highest BCUT2D eigenvalue weighted by Crippen LogP contribution is 2.65. The van der Waals surface area contributed by atoms with Gasteiger partial charge in [0.2, 0.25) is 23.6 Å². The van der Waals surface area contributed by atoms with Gasteiger partial charge in [-0.25, -0.2) is 9.80 Å². The highest BCUT2D eigenvalue weighted by atomic mass is 35.5. The van der Waals surface area contributed by atoms with Gasteiger partial charge in [-0.1, -0.05) is 77.8 Å². The molecule has 4 aliphatic rings. The van der Waals surface area contributed by atoms with E-state index >= 15 is 9.59 Å². The molecule has 0 bridgehead atoms. The first-order chi connectivity index (χ1) is 27.8. The van der Waals surface area contributed by atoms with Crippen LogP contribution in [0.4, 0.5) is 28.4 Å². The first-order valence-electron chi connectivity index (χ1n) is 18.6. The Balaban J connectivity index is 1.34. The zero-order valence-electron chi connectivity index (χ0n) is 31.2. The highest BCUT2D eigenvalue weighted by molar-refractivity contribution is 6.32. The van der Waals surface area contributed by atoms with E-state index in [0.29, 0.717) is 27.5 Å². The number of ether oxygens (including phenoxy) is 1. The molecule has 1 saturated carbocycles. The lowest BCUT2D eigenvalue weighted by molar-refractivity contribution is -0.392. The van der Waals surface area contributed by atoms with Crippen LogP contribution in [0, 0.1) is 43.9 Å². The van der Waals surface area contributed by atoms with Crippen LogP contribution >= 0.6 is 11.6 Å². The first kappa shape index (κ1) is 38.4. The second-order valence-corrected chi connectivity index (χ2v) is 15.4. The topological polar surface area (TPSA) is 194 Å². The van der Waals surface area contributed by atoms with Crippen LogP contribution in [0.5, 0.6) is 5.75 Å². The van der Waals surface area contributed by atoms with Crippen molar-refractivity contribution in [1.29, 1.82) is 0 Å². The van der Waals surface area contributed by atoms with E-state index in [9.17, 15) is 34.9 Å². The molecule has 4 aromatic carbocycles. The lowest BCUT2D eigenvalue weighted by Crippen LogP contribution is -2.53. The number of hydrogen-bond acceptors (Lipinski definition) is 11. The minimum absolute atomic E-state index is 0.0311. The number of nitro groups is 2. The molecule has 2 aliphatic heterocycles. The SMILES string of the molecule is CN(C)c1c([N+](=O)[O-])cc(N2C(=O)[C@H]3[C@H](CC=C4[C@H]3C[C@H]3C(=O)N(c5cccc(Cl)c5)C(=O)[C@@]3(c3ccccc3)[C@H]4c3ccccc3OCCO)C2=O)cc1[N+](=O)[O-]. The van der Waals surface area contributed by atoms with Crippen LogP contribution in [0.15, 0.2) is 103 Å². The minimum Gasteiger partial charge on any atom is -0.491 e. The normalized spacial score (nSPS) is 24.9. The van der Waals surface area contributed by atoms with Gasteiger partial charge in [0, 0.05) is 42.7 Å². The molecule has 6 atom stereocenters. The summed E-state index contributed by atoms with van der Waals surface area (Å²) in [6.45, 7) is -0.383. The van der Waals surface area contributed by atoms with Gasteiger partial charge < -0.3 is 14.7 Å². The summed E-state index contributed by atoms with van der Waals surface area (Å²) >= 11 is 6.40. The minimum atomic E-state index is -1.59. The predicted molar refractivity (Wildman–Crippen MR) is 212 cm³/mol. The van der Waals surface area contributed by atoms with Crippen LogP contribution in [0.1, 0.15) is 29.9 Å². The number of carbonyl (C=O) groups excluding carboxylic acids is 4. The monoisotopic (exact) mass is 805 g/mol. The number of amides is 4. The smallest absolute Gasteiger partial charge is 0.301 e. The van der Waals surface area contributed by atoms with Gasteiger partial charge in [0.25, 0.3) is 0 Å². The molecule has 8 rings (SSSR count). The van der Waals surface area contributed by atoms with E-state index < -0.39 is 79.9 Å². The number of benzene rings is 4. The summed E-state index contributed by atoms with van der Waals surface area (Å²) in [5, 5.41) is 34.6. The van der Waals surface area contributed by atoms with Gasteiger partial charge in [-0.15, -0.1) is 0 Å². The molecule has 4 aromatic rings. The third kappa shape index (κ3) is 5.67.